The molecule has 2 rings (SSSR count). The van der Waals surface area contributed by atoms with Crippen molar-refractivity contribution in [2.75, 3.05) is 19.6 Å². The summed E-state index contributed by atoms with van der Waals surface area (Å²) < 4.78 is 14.3. The fourth-order valence-electron chi connectivity index (χ4n) is 1.85. The van der Waals surface area contributed by atoms with Gasteiger partial charge in [0, 0.05) is 11.0 Å². The van der Waals surface area contributed by atoms with Crippen molar-refractivity contribution in [3.8, 4) is 0 Å². The molecule has 1 fully saturated rings. The van der Waals surface area contributed by atoms with Crippen LogP contribution in [0.3, 0.4) is 0 Å². The van der Waals surface area contributed by atoms with E-state index in [0.717, 1.165) is 16.9 Å². The molecule has 0 saturated heterocycles. The van der Waals surface area contributed by atoms with Crippen LogP contribution in [-0.4, -0.2) is 25.5 Å². The zero-order valence-corrected chi connectivity index (χ0v) is 13.5. The molecule has 1 aromatic rings. The van der Waals surface area contributed by atoms with Crippen LogP contribution in [0.15, 0.2) is 22.7 Å². The second-order valence-corrected chi connectivity index (χ2v) is 5.83. The maximum absolute atomic E-state index is 13.4. The molecule has 0 aliphatic heterocycles. The van der Waals surface area contributed by atoms with E-state index in [4.69, 9.17) is 0 Å². The molecule has 0 unspecified atom stereocenters. The number of hydrogen-bond acceptors (Lipinski definition) is 2. The Morgan fingerprint density at radius 2 is 2.15 bits per heavy atom. The van der Waals surface area contributed by atoms with Crippen LogP contribution in [0.25, 0.3) is 0 Å². The van der Waals surface area contributed by atoms with Gasteiger partial charge in [0.15, 0.2) is 0 Å². The van der Waals surface area contributed by atoms with Crippen LogP contribution in [0.4, 0.5) is 4.39 Å². The first-order chi connectivity index (χ1) is 9.15. The van der Waals surface area contributed by atoms with Crippen LogP contribution in [0.1, 0.15) is 18.4 Å². The van der Waals surface area contributed by atoms with Crippen molar-refractivity contribution < 1.29 is 9.18 Å². The van der Waals surface area contributed by atoms with Crippen molar-refractivity contribution in [2.45, 2.75) is 19.3 Å². The van der Waals surface area contributed by atoms with Crippen LogP contribution in [0.5, 0.6) is 0 Å². The molecule has 112 valence electrons. The van der Waals surface area contributed by atoms with Gasteiger partial charge in [-0.1, -0.05) is 15.9 Å². The van der Waals surface area contributed by atoms with Gasteiger partial charge >= 0.3 is 0 Å². The minimum absolute atomic E-state index is 0. The van der Waals surface area contributed by atoms with Crippen molar-refractivity contribution in [3.63, 3.8) is 0 Å². The van der Waals surface area contributed by atoms with Gasteiger partial charge in [-0.2, -0.15) is 0 Å². The Hall–Kier alpha value is -0.650. The van der Waals surface area contributed by atoms with E-state index in [2.05, 4.69) is 26.6 Å². The number of amides is 1. The van der Waals surface area contributed by atoms with E-state index in [9.17, 15) is 9.18 Å². The minimum Gasteiger partial charge on any atom is -0.355 e. The zero-order valence-electron chi connectivity index (χ0n) is 11.1. The van der Waals surface area contributed by atoms with Gasteiger partial charge in [0.25, 0.3) is 0 Å². The van der Waals surface area contributed by atoms with E-state index in [-0.39, 0.29) is 24.1 Å². The van der Waals surface area contributed by atoms with Crippen LogP contribution in [0.2, 0.25) is 0 Å². The highest BCUT2D eigenvalue weighted by Crippen LogP contribution is 2.27. The minimum atomic E-state index is -0.232. The highest BCUT2D eigenvalue weighted by Gasteiger charge is 2.20. The zero-order chi connectivity index (χ0) is 13.7. The van der Waals surface area contributed by atoms with E-state index in [1.165, 1.54) is 18.9 Å². The summed E-state index contributed by atoms with van der Waals surface area (Å²) in [5.74, 6) is 0.504. The summed E-state index contributed by atoms with van der Waals surface area (Å²) in [6.07, 6.45) is 3.05. The molecular weight excluding hydrogens is 347 g/mol. The summed E-state index contributed by atoms with van der Waals surface area (Å²) in [7, 11) is 0. The molecule has 1 saturated carbocycles. The van der Waals surface area contributed by atoms with Crippen molar-refractivity contribution in [2.24, 2.45) is 5.92 Å². The first-order valence-corrected chi connectivity index (χ1v) is 7.36. The van der Waals surface area contributed by atoms with E-state index >= 15 is 0 Å². The number of carbonyl (C=O) groups excluding carboxylic acids is 1. The quantitative estimate of drug-likeness (QED) is 0.780. The van der Waals surface area contributed by atoms with Crippen molar-refractivity contribution >= 4 is 34.2 Å². The molecule has 2 N–H and O–H groups in total. The van der Waals surface area contributed by atoms with Gasteiger partial charge in [0.1, 0.15) is 5.82 Å². The molecule has 0 atom stereocenters. The van der Waals surface area contributed by atoms with Crippen LogP contribution in [0, 0.1) is 11.7 Å². The third-order valence-corrected chi connectivity index (χ3v) is 3.63. The highest BCUT2D eigenvalue weighted by molar-refractivity contribution is 9.10. The molecule has 0 heterocycles. The molecule has 0 spiro atoms. The predicted octanol–water partition coefficient (Wildman–Crippen LogP) is 2.67. The van der Waals surface area contributed by atoms with Crippen molar-refractivity contribution in [1.29, 1.82) is 0 Å². The summed E-state index contributed by atoms with van der Waals surface area (Å²) in [6.45, 7) is 1.72. The Morgan fingerprint density at radius 3 is 2.85 bits per heavy atom. The predicted molar refractivity (Wildman–Crippen MR) is 83.7 cm³/mol. The second-order valence-electron chi connectivity index (χ2n) is 4.91. The SMILES string of the molecule is Cl.O=C(CNCC1CC1)NCCc1cc(Br)ccc1F. The van der Waals surface area contributed by atoms with Gasteiger partial charge in [-0.3, -0.25) is 4.79 Å². The van der Waals surface area contributed by atoms with Gasteiger partial charge in [-0.25, -0.2) is 4.39 Å². The number of hydrogen-bond donors (Lipinski definition) is 2. The highest BCUT2D eigenvalue weighted by atomic mass is 79.9. The third-order valence-electron chi connectivity index (χ3n) is 3.14. The van der Waals surface area contributed by atoms with E-state index in [1.807, 2.05) is 0 Å². The van der Waals surface area contributed by atoms with Gasteiger partial charge < -0.3 is 10.6 Å². The molecule has 1 aliphatic carbocycles. The summed E-state index contributed by atoms with van der Waals surface area (Å²) in [6, 6.07) is 4.84. The van der Waals surface area contributed by atoms with Gasteiger partial charge in [-0.15, -0.1) is 12.4 Å². The smallest absolute Gasteiger partial charge is 0.233 e. The molecule has 20 heavy (non-hydrogen) atoms. The number of carbonyl (C=O) groups is 1. The average Bonchev–Trinajstić information content (AvgIpc) is 3.18. The summed E-state index contributed by atoms with van der Waals surface area (Å²) in [5, 5.41) is 5.91. The largest absolute Gasteiger partial charge is 0.355 e. The van der Waals surface area contributed by atoms with Crippen LogP contribution < -0.4 is 10.6 Å². The van der Waals surface area contributed by atoms with Gasteiger partial charge in [0.05, 0.1) is 6.54 Å². The number of benzene rings is 1. The van der Waals surface area contributed by atoms with E-state index in [1.54, 1.807) is 12.1 Å². The molecule has 1 amide bonds. The Kier molecular flexibility index (Phi) is 7.48. The summed E-state index contributed by atoms with van der Waals surface area (Å²) in [4.78, 5) is 11.5. The summed E-state index contributed by atoms with van der Waals surface area (Å²) in [5.41, 5.74) is 0.612. The first kappa shape index (κ1) is 17.4. The molecule has 0 radical (unpaired) electrons. The number of rotatable bonds is 7. The molecule has 6 heteroatoms. The number of halogens is 3. The van der Waals surface area contributed by atoms with Crippen molar-refractivity contribution in [3.05, 3.63) is 34.1 Å². The lowest BCUT2D eigenvalue weighted by Gasteiger charge is -2.07. The van der Waals surface area contributed by atoms with E-state index < -0.39 is 0 Å². The molecular formula is C14H19BrClFN2O. The van der Waals surface area contributed by atoms with Crippen LogP contribution in [-0.2, 0) is 11.2 Å². The first-order valence-electron chi connectivity index (χ1n) is 6.56. The van der Waals surface area contributed by atoms with Gasteiger partial charge in [0.2, 0.25) is 5.91 Å². The topological polar surface area (TPSA) is 41.1 Å². The van der Waals surface area contributed by atoms with Crippen LogP contribution >= 0.6 is 28.3 Å². The lowest BCUT2D eigenvalue weighted by Crippen LogP contribution is -2.35. The Bertz CT molecular complexity index is 455. The van der Waals surface area contributed by atoms with Crippen molar-refractivity contribution in [1.82, 2.24) is 10.6 Å². The maximum atomic E-state index is 13.4. The molecule has 0 aromatic heterocycles. The maximum Gasteiger partial charge on any atom is 0.233 e. The third kappa shape index (κ3) is 6.20. The molecule has 3 nitrogen and oxygen atoms in total. The Labute approximate surface area is 133 Å². The fraction of sp³-hybridized carbons (Fsp3) is 0.500. The second kappa shape index (κ2) is 8.60. The number of nitrogens with one attached hydrogen (secondary N) is 2. The molecule has 0 bridgehead atoms. The molecule has 1 aromatic carbocycles. The van der Waals surface area contributed by atoms with E-state index in [0.29, 0.717) is 25.1 Å². The normalized spacial score (nSPS) is 13.7. The molecule has 1 aliphatic rings. The summed E-state index contributed by atoms with van der Waals surface area (Å²) >= 11 is 3.31. The fourth-order valence-corrected chi connectivity index (χ4v) is 2.25. The van der Waals surface area contributed by atoms with Gasteiger partial charge in [-0.05, 0) is 55.5 Å². The standard InChI is InChI=1S/C14H18BrFN2O.ClH/c15-12-3-4-13(16)11(7-12)5-6-18-14(19)9-17-8-10-1-2-10;/h3-4,7,10,17H,1-2,5-6,8-9H2,(H,18,19);1H. The monoisotopic (exact) mass is 364 g/mol. The Morgan fingerprint density at radius 1 is 1.40 bits per heavy atom. The Balaban J connectivity index is 0.00000200. The lowest BCUT2D eigenvalue weighted by atomic mass is 10.1. The lowest BCUT2D eigenvalue weighted by molar-refractivity contribution is -0.120. The average molecular weight is 366 g/mol.